The van der Waals surface area contributed by atoms with Gasteiger partial charge in [0, 0.05) is 24.3 Å². The van der Waals surface area contributed by atoms with Gasteiger partial charge in [-0.1, -0.05) is 66.4 Å². The molecular weight excluding hydrogens is 376 g/mol. The van der Waals surface area contributed by atoms with Crippen LogP contribution in [0, 0.1) is 0 Å². The van der Waals surface area contributed by atoms with Crippen molar-refractivity contribution < 1.29 is 9.59 Å². The van der Waals surface area contributed by atoms with E-state index in [1.165, 1.54) is 18.7 Å². The number of amides is 1. The van der Waals surface area contributed by atoms with Crippen LogP contribution in [0.3, 0.4) is 0 Å². The maximum atomic E-state index is 13.0. The lowest BCUT2D eigenvalue weighted by Crippen LogP contribution is -2.27. The number of carbonyl (C=O) groups is 2. The van der Waals surface area contributed by atoms with E-state index in [1.54, 1.807) is 24.3 Å². The van der Waals surface area contributed by atoms with Gasteiger partial charge < -0.3 is 10.2 Å². The summed E-state index contributed by atoms with van der Waals surface area (Å²) in [5.41, 5.74) is 2.09. The van der Waals surface area contributed by atoms with Crippen LogP contribution in [0.25, 0.3) is 0 Å². The number of rotatable bonds is 5. The summed E-state index contributed by atoms with van der Waals surface area (Å²) in [7, 11) is 0. The molecule has 4 nitrogen and oxygen atoms in total. The van der Waals surface area contributed by atoms with E-state index in [9.17, 15) is 9.59 Å². The second-order valence-electron chi connectivity index (χ2n) is 6.49. The fourth-order valence-electron chi connectivity index (χ4n) is 3.00. The molecule has 1 aliphatic rings. The van der Waals surface area contributed by atoms with Gasteiger partial charge in [-0.15, -0.1) is 0 Å². The van der Waals surface area contributed by atoms with Crippen molar-refractivity contribution >= 4 is 45.7 Å². The van der Waals surface area contributed by atoms with Crippen molar-refractivity contribution in [2.45, 2.75) is 25.0 Å². The third-order valence-electron chi connectivity index (χ3n) is 4.46. The maximum absolute atomic E-state index is 13.0. The van der Waals surface area contributed by atoms with E-state index in [0.29, 0.717) is 11.3 Å². The summed E-state index contributed by atoms with van der Waals surface area (Å²) >= 11 is 7.00. The van der Waals surface area contributed by atoms with Crippen LogP contribution in [0.4, 0.5) is 5.69 Å². The van der Waals surface area contributed by atoms with Gasteiger partial charge in [-0.2, -0.15) is 0 Å². The molecule has 0 bridgehead atoms. The number of nitrogens with zero attached hydrogens (tertiary/aromatic N) is 1. The van der Waals surface area contributed by atoms with E-state index in [2.05, 4.69) is 10.2 Å². The Hall–Kier alpha value is -2.18. The maximum Gasteiger partial charge on any atom is 0.242 e. The molecule has 0 aliphatic carbocycles. The molecule has 1 N–H and O–H groups in total. The first-order valence-corrected chi connectivity index (χ1v) is 10.3. The van der Waals surface area contributed by atoms with E-state index in [4.69, 9.17) is 12.2 Å². The summed E-state index contributed by atoms with van der Waals surface area (Å²) in [6.45, 7) is 3.42. The SMILES string of the molecule is CC(=O)c1cccc(NC(=O)[C@H](SC(=S)N2CCCC2)c2ccccc2)c1. The molecule has 0 aromatic heterocycles. The lowest BCUT2D eigenvalue weighted by atomic mass is 10.1. The average molecular weight is 399 g/mol. The molecule has 6 heteroatoms. The van der Waals surface area contributed by atoms with Crippen molar-refractivity contribution in [3.8, 4) is 0 Å². The van der Waals surface area contributed by atoms with Gasteiger partial charge in [0.2, 0.25) is 5.91 Å². The van der Waals surface area contributed by atoms with Crippen molar-refractivity contribution in [3.05, 3.63) is 65.7 Å². The minimum atomic E-state index is -0.444. The largest absolute Gasteiger partial charge is 0.357 e. The van der Waals surface area contributed by atoms with Crippen LogP contribution in [0.15, 0.2) is 54.6 Å². The number of thiocarbonyl (C=S) groups is 1. The van der Waals surface area contributed by atoms with Crippen LogP contribution < -0.4 is 5.32 Å². The molecule has 0 saturated carbocycles. The van der Waals surface area contributed by atoms with Crippen LogP contribution in [0.5, 0.6) is 0 Å². The number of Topliss-reactive ketones (excluding diaryl/α,β-unsaturated/α-hetero) is 1. The van der Waals surface area contributed by atoms with Crippen molar-refractivity contribution in [2.24, 2.45) is 0 Å². The van der Waals surface area contributed by atoms with Gasteiger partial charge in [0.15, 0.2) is 5.78 Å². The molecule has 0 radical (unpaired) electrons. The quantitative estimate of drug-likeness (QED) is 0.585. The van der Waals surface area contributed by atoms with Gasteiger partial charge in [0.1, 0.15) is 9.57 Å². The van der Waals surface area contributed by atoms with Crippen molar-refractivity contribution in [1.29, 1.82) is 0 Å². The second kappa shape index (κ2) is 9.15. The Labute approximate surface area is 169 Å². The Morgan fingerprint density at radius 2 is 1.78 bits per heavy atom. The van der Waals surface area contributed by atoms with Crippen molar-refractivity contribution in [1.82, 2.24) is 4.90 Å². The number of anilines is 1. The van der Waals surface area contributed by atoms with Crippen molar-refractivity contribution in [2.75, 3.05) is 18.4 Å². The Balaban J connectivity index is 1.79. The molecule has 0 unspecified atom stereocenters. The number of nitrogens with one attached hydrogen (secondary N) is 1. The van der Waals surface area contributed by atoms with E-state index in [-0.39, 0.29) is 11.7 Å². The fraction of sp³-hybridized carbons (Fsp3) is 0.286. The van der Waals surface area contributed by atoms with Gasteiger partial charge >= 0.3 is 0 Å². The molecule has 1 saturated heterocycles. The highest BCUT2D eigenvalue weighted by Gasteiger charge is 2.26. The number of hydrogen-bond acceptors (Lipinski definition) is 4. The molecule has 3 rings (SSSR count). The number of ketones is 1. The minimum absolute atomic E-state index is 0.0321. The van der Waals surface area contributed by atoms with Gasteiger partial charge in [-0.05, 0) is 37.5 Å². The molecule has 2 aromatic carbocycles. The molecular formula is C21H22N2O2S2. The zero-order valence-corrected chi connectivity index (χ0v) is 16.8. The molecule has 0 spiro atoms. The monoisotopic (exact) mass is 398 g/mol. The van der Waals surface area contributed by atoms with E-state index < -0.39 is 5.25 Å². The van der Waals surface area contributed by atoms with E-state index in [0.717, 1.165) is 35.8 Å². The van der Waals surface area contributed by atoms with Gasteiger partial charge in [0.05, 0.1) is 0 Å². The number of benzene rings is 2. The van der Waals surface area contributed by atoms with Crippen LogP contribution in [0.1, 0.15) is 40.9 Å². The lowest BCUT2D eigenvalue weighted by Gasteiger charge is -2.23. The topological polar surface area (TPSA) is 49.4 Å². The average Bonchev–Trinajstić information content (AvgIpc) is 3.21. The van der Waals surface area contributed by atoms with Crippen LogP contribution >= 0.6 is 24.0 Å². The van der Waals surface area contributed by atoms with E-state index in [1.807, 2.05) is 30.3 Å². The summed E-state index contributed by atoms with van der Waals surface area (Å²) < 4.78 is 0.758. The summed E-state index contributed by atoms with van der Waals surface area (Å²) in [5, 5.41) is 2.50. The first-order chi connectivity index (χ1) is 13.0. The highest BCUT2D eigenvalue weighted by molar-refractivity contribution is 8.23. The first-order valence-electron chi connectivity index (χ1n) is 8.97. The molecule has 2 aromatic rings. The summed E-state index contributed by atoms with van der Waals surface area (Å²) in [4.78, 5) is 26.8. The molecule has 1 fully saturated rings. The van der Waals surface area contributed by atoms with Gasteiger partial charge in [-0.25, -0.2) is 0 Å². The highest BCUT2D eigenvalue weighted by Crippen LogP contribution is 2.33. The second-order valence-corrected chi connectivity index (χ2v) is 8.23. The van der Waals surface area contributed by atoms with Gasteiger partial charge in [0.25, 0.3) is 0 Å². The number of thioether (sulfide) groups is 1. The molecule has 1 aliphatic heterocycles. The van der Waals surface area contributed by atoms with Crippen molar-refractivity contribution in [3.63, 3.8) is 0 Å². The fourth-order valence-corrected chi connectivity index (χ4v) is 4.46. The van der Waals surface area contributed by atoms with Crippen LogP contribution in [0.2, 0.25) is 0 Å². The summed E-state index contributed by atoms with van der Waals surface area (Å²) in [5.74, 6) is -0.177. The molecule has 140 valence electrons. The minimum Gasteiger partial charge on any atom is -0.357 e. The Morgan fingerprint density at radius 1 is 1.07 bits per heavy atom. The normalized spacial score (nSPS) is 14.6. The molecule has 27 heavy (non-hydrogen) atoms. The van der Waals surface area contributed by atoms with Gasteiger partial charge in [-0.3, -0.25) is 9.59 Å². The zero-order chi connectivity index (χ0) is 19.2. The van der Waals surface area contributed by atoms with E-state index >= 15 is 0 Å². The first kappa shape index (κ1) is 19.6. The Kier molecular flexibility index (Phi) is 6.63. The summed E-state index contributed by atoms with van der Waals surface area (Å²) in [6.07, 6.45) is 2.28. The predicted octanol–water partition coefficient (Wildman–Crippen LogP) is 4.68. The number of hydrogen-bond donors (Lipinski definition) is 1. The summed E-state index contributed by atoms with van der Waals surface area (Å²) in [6, 6.07) is 16.7. The molecule has 1 heterocycles. The van der Waals surface area contributed by atoms with Crippen LogP contribution in [-0.2, 0) is 4.79 Å². The molecule has 1 atom stereocenters. The highest BCUT2D eigenvalue weighted by atomic mass is 32.2. The lowest BCUT2D eigenvalue weighted by molar-refractivity contribution is -0.115. The standard InChI is InChI=1S/C21H22N2O2S2/c1-15(24)17-10-7-11-18(14-17)22-20(25)19(16-8-3-2-4-9-16)27-21(26)23-12-5-6-13-23/h2-4,7-11,14,19H,5-6,12-13H2,1H3,(H,22,25)/t19-/m1/s1. The Bertz CT molecular complexity index is 833. The smallest absolute Gasteiger partial charge is 0.242 e. The molecule has 1 amide bonds. The third kappa shape index (κ3) is 5.17. The number of likely N-dealkylation sites (tertiary alicyclic amines) is 1. The zero-order valence-electron chi connectivity index (χ0n) is 15.2. The number of carbonyl (C=O) groups excluding carboxylic acids is 2. The predicted molar refractivity (Wildman–Crippen MR) is 115 cm³/mol. The Morgan fingerprint density at radius 3 is 2.44 bits per heavy atom. The van der Waals surface area contributed by atoms with Crippen LogP contribution in [-0.4, -0.2) is 34.0 Å². The third-order valence-corrected chi connectivity index (χ3v) is 6.19.